The van der Waals surface area contributed by atoms with Crippen LogP contribution in [-0.2, 0) is 14.4 Å². The van der Waals surface area contributed by atoms with E-state index < -0.39 is 17.9 Å². The van der Waals surface area contributed by atoms with Crippen LogP contribution in [0.25, 0.3) is 0 Å². The lowest BCUT2D eigenvalue weighted by atomic mass is 10.4. The third-order valence-electron chi connectivity index (χ3n) is 1.49. The van der Waals surface area contributed by atoms with Gasteiger partial charge in [0.1, 0.15) is 0 Å². The molecule has 0 aliphatic heterocycles. The molecule has 4 N–H and O–H groups in total. The van der Waals surface area contributed by atoms with Crippen LogP contribution < -0.4 is 0 Å². The Bertz CT molecular complexity index is 236. The van der Waals surface area contributed by atoms with Crippen molar-refractivity contribution in [1.82, 2.24) is 0 Å². The number of unbranched alkanes of at least 4 members (excludes halogenated alkanes) is 1. The number of aliphatic carboxylic acids is 3. The molecule has 0 unspecified atom stereocenters. The van der Waals surface area contributed by atoms with Gasteiger partial charge in [0.15, 0.2) is 0 Å². The second kappa shape index (κ2) is 29.4. The highest BCUT2D eigenvalue weighted by molar-refractivity contribution is 7.80. The Morgan fingerprint density at radius 3 is 1.00 bits per heavy atom. The molecule has 0 saturated heterocycles. The molecular weight excluding hydrogens is 364 g/mol. The highest BCUT2D eigenvalue weighted by atomic mass is 32.1. The average Bonchev–Trinajstić information content (AvgIpc) is 2.41. The molecular formula is C13H28O7S3. The van der Waals surface area contributed by atoms with E-state index in [0.717, 1.165) is 12.8 Å². The first-order valence-corrected chi connectivity index (χ1v) is 8.71. The smallest absolute Gasteiger partial charge is 0.304 e. The van der Waals surface area contributed by atoms with Crippen molar-refractivity contribution in [2.45, 2.75) is 39.0 Å². The average molecular weight is 393 g/mol. The molecule has 0 radical (unpaired) electrons. The minimum atomic E-state index is -0.787. The summed E-state index contributed by atoms with van der Waals surface area (Å²) in [6.07, 6.45) is 2.51. The molecule has 0 bridgehead atoms. The molecule has 7 nitrogen and oxygen atoms in total. The van der Waals surface area contributed by atoms with Crippen LogP contribution in [0, 0.1) is 0 Å². The summed E-state index contributed by atoms with van der Waals surface area (Å²) in [6, 6.07) is 0. The highest BCUT2D eigenvalue weighted by Crippen LogP contribution is 1.81. The Kier molecular flexibility index (Phi) is 38.8. The summed E-state index contributed by atoms with van der Waals surface area (Å²) in [6.45, 7) is 2.40. The second-order valence-corrected chi connectivity index (χ2v) is 5.02. The lowest BCUT2D eigenvalue weighted by Gasteiger charge is -1.79. The van der Waals surface area contributed by atoms with Crippen molar-refractivity contribution in [3.63, 3.8) is 0 Å². The van der Waals surface area contributed by atoms with E-state index in [1.165, 1.54) is 0 Å². The SMILES string of the molecule is CCCCO.O=C(O)CCS.O=C(O)CCS.O=C(O)CCS. The number of thiol groups is 3. The molecule has 0 aliphatic rings. The molecule has 0 amide bonds. The van der Waals surface area contributed by atoms with Crippen LogP contribution >= 0.6 is 37.9 Å². The molecule has 0 spiro atoms. The molecule has 0 aromatic rings. The second-order valence-electron chi connectivity index (χ2n) is 3.68. The van der Waals surface area contributed by atoms with Crippen LogP contribution in [-0.4, -0.2) is 62.2 Å². The fourth-order valence-corrected chi connectivity index (χ4v) is 1.02. The van der Waals surface area contributed by atoms with Gasteiger partial charge >= 0.3 is 17.9 Å². The Morgan fingerprint density at radius 1 is 0.739 bits per heavy atom. The number of hydrogen-bond acceptors (Lipinski definition) is 7. The minimum Gasteiger partial charge on any atom is -0.481 e. The van der Waals surface area contributed by atoms with E-state index in [1.54, 1.807) is 0 Å². The zero-order valence-electron chi connectivity index (χ0n) is 13.2. The van der Waals surface area contributed by atoms with Crippen molar-refractivity contribution >= 4 is 55.8 Å². The topological polar surface area (TPSA) is 132 Å². The summed E-state index contributed by atoms with van der Waals surface area (Å²) in [7, 11) is 0. The third-order valence-corrected chi connectivity index (χ3v) is 2.16. The van der Waals surface area contributed by atoms with E-state index in [1.807, 2.05) is 0 Å². The standard InChI is InChI=1S/C4H10O.3C3H6O2S/c1-2-3-4-5;3*4-3(5)1-2-6/h5H,2-4H2,1H3;3*6H,1-2H2,(H,4,5). The predicted molar refractivity (Wildman–Crippen MR) is 100 cm³/mol. The molecule has 10 heteroatoms. The molecule has 23 heavy (non-hydrogen) atoms. The quantitative estimate of drug-likeness (QED) is 0.314. The first-order chi connectivity index (χ1) is 10.7. The summed E-state index contributed by atoms with van der Waals surface area (Å²) >= 11 is 11.0. The fourth-order valence-electron chi connectivity index (χ4n) is 0.445. The third kappa shape index (κ3) is 74.4. The van der Waals surface area contributed by atoms with Crippen molar-refractivity contribution in [2.24, 2.45) is 0 Å². The Morgan fingerprint density at radius 2 is 1.00 bits per heavy atom. The van der Waals surface area contributed by atoms with Crippen LogP contribution in [0.5, 0.6) is 0 Å². The monoisotopic (exact) mass is 392 g/mol. The number of carboxylic acids is 3. The van der Waals surface area contributed by atoms with Crippen LogP contribution in [0.3, 0.4) is 0 Å². The molecule has 0 saturated carbocycles. The molecule has 0 heterocycles. The number of hydrogen-bond donors (Lipinski definition) is 7. The lowest BCUT2D eigenvalue weighted by Crippen LogP contribution is -1.93. The van der Waals surface area contributed by atoms with Gasteiger partial charge < -0.3 is 20.4 Å². The maximum Gasteiger partial charge on any atom is 0.304 e. The van der Waals surface area contributed by atoms with Gasteiger partial charge in [0.2, 0.25) is 0 Å². The van der Waals surface area contributed by atoms with Crippen molar-refractivity contribution in [3.05, 3.63) is 0 Å². The number of rotatable bonds is 8. The van der Waals surface area contributed by atoms with Gasteiger partial charge in [-0.25, -0.2) is 0 Å². The maximum atomic E-state index is 9.55. The van der Waals surface area contributed by atoms with Crippen molar-refractivity contribution < 1.29 is 34.8 Å². The van der Waals surface area contributed by atoms with Gasteiger partial charge in [-0.2, -0.15) is 37.9 Å². The van der Waals surface area contributed by atoms with Crippen molar-refractivity contribution in [1.29, 1.82) is 0 Å². The van der Waals surface area contributed by atoms with Gasteiger partial charge in [0.25, 0.3) is 0 Å². The molecule has 0 rings (SSSR count). The summed E-state index contributed by atoms with van der Waals surface area (Å²) in [5, 5.41) is 31.7. The van der Waals surface area contributed by atoms with E-state index in [-0.39, 0.29) is 19.3 Å². The summed E-state index contributed by atoms with van der Waals surface area (Å²) in [4.78, 5) is 28.7. The maximum absolute atomic E-state index is 9.55. The van der Waals surface area contributed by atoms with E-state index in [0.29, 0.717) is 23.9 Å². The summed E-state index contributed by atoms with van der Waals surface area (Å²) in [5.41, 5.74) is 0. The molecule has 0 aliphatic carbocycles. The fraction of sp³-hybridized carbons (Fsp3) is 0.769. The molecule has 0 fully saturated rings. The molecule has 0 atom stereocenters. The largest absolute Gasteiger partial charge is 0.481 e. The van der Waals surface area contributed by atoms with Crippen LogP contribution in [0.15, 0.2) is 0 Å². The van der Waals surface area contributed by atoms with E-state index in [2.05, 4.69) is 44.8 Å². The number of aliphatic hydroxyl groups is 1. The zero-order chi connectivity index (χ0) is 19.1. The first kappa shape index (κ1) is 30.3. The Hall–Kier alpha value is -0.580. The summed E-state index contributed by atoms with van der Waals surface area (Å²) < 4.78 is 0. The predicted octanol–water partition coefficient (Wildman–Crippen LogP) is 1.95. The Balaban J connectivity index is -0.000000105. The number of carbonyl (C=O) groups is 3. The normalized spacial score (nSPS) is 8.22. The molecule has 0 aromatic heterocycles. The number of aliphatic hydroxyl groups excluding tert-OH is 1. The molecule has 140 valence electrons. The van der Waals surface area contributed by atoms with Gasteiger partial charge in [-0.3, -0.25) is 14.4 Å². The van der Waals surface area contributed by atoms with E-state index in [4.69, 9.17) is 20.4 Å². The van der Waals surface area contributed by atoms with Crippen LogP contribution in [0.2, 0.25) is 0 Å². The van der Waals surface area contributed by atoms with E-state index in [9.17, 15) is 14.4 Å². The molecule has 0 aromatic carbocycles. The minimum absolute atomic E-state index is 0.156. The lowest BCUT2D eigenvalue weighted by molar-refractivity contribution is -0.137. The first-order valence-electron chi connectivity index (χ1n) is 6.82. The van der Waals surface area contributed by atoms with Crippen molar-refractivity contribution in [2.75, 3.05) is 23.9 Å². The summed E-state index contributed by atoms with van der Waals surface area (Å²) in [5.74, 6) is -1.08. The Labute approximate surface area is 153 Å². The van der Waals surface area contributed by atoms with Gasteiger partial charge in [-0.15, -0.1) is 0 Å². The van der Waals surface area contributed by atoms with Crippen molar-refractivity contribution in [3.8, 4) is 0 Å². The van der Waals surface area contributed by atoms with Crippen LogP contribution in [0.4, 0.5) is 0 Å². The highest BCUT2D eigenvalue weighted by Gasteiger charge is 1.89. The zero-order valence-corrected chi connectivity index (χ0v) is 15.9. The van der Waals surface area contributed by atoms with Crippen LogP contribution in [0.1, 0.15) is 39.0 Å². The number of carboxylic acid groups (broad SMARTS) is 3. The van der Waals surface area contributed by atoms with Gasteiger partial charge in [0.05, 0.1) is 19.3 Å². The van der Waals surface area contributed by atoms with Gasteiger partial charge in [-0.05, 0) is 6.42 Å². The van der Waals surface area contributed by atoms with E-state index >= 15 is 0 Å². The van der Waals surface area contributed by atoms with Gasteiger partial charge in [0, 0.05) is 23.9 Å². The van der Waals surface area contributed by atoms with Gasteiger partial charge in [-0.1, -0.05) is 13.3 Å².